The van der Waals surface area contributed by atoms with Gasteiger partial charge in [0.15, 0.2) is 11.5 Å². The Kier molecular flexibility index (Phi) is 5.69. The second kappa shape index (κ2) is 8.31. The highest BCUT2D eigenvalue weighted by Crippen LogP contribution is 2.63. The standard InChI is InChI=1S/C28H38N2O4/c1-27-14-12-20-18(7-11-24-28(20,2)15-13-25(31)30(24)3)19(27)8-10-23(27)29-26(32)17-6-9-21(33-4)22(16-17)34-5/h6,9,13,15-16,18-20,23-24H,7-8,10-12,14H2,1-5H3,(H,29,32)/t18-,19-,20+,23?,24?,27-,28+/m0/s1. The molecule has 34 heavy (non-hydrogen) atoms. The van der Waals surface area contributed by atoms with E-state index in [4.69, 9.17) is 9.47 Å². The molecule has 6 nitrogen and oxygen atoms in total. The van der Waals surface area contributed by atoms with E-state index in [1.807, 2.05) is 11.9 Å². The Labute approximate surface area is 203 Å². The average Bonchev–Trinajstić information content (AvgIpc) is 3.17. The van der Waals surface area contributed by atoms with Crippen LogP contribution in [-0.2, 0) is 4.79 Å². The van der Waals surface area contributed by atoms with Crippen molar-refractivity contribution in [2.75, 3.05) is 21.3 Å². The van der Waals surface area contributed by atoms with E-state index in [1.54, 1.807) is 38.5 Å². The number of fused-ring (bicyclic) bond motifs is 5. The molecule has 1 aliphatic heterocycles. The van der Waals surface area contributed by atoms with E-state index in [1.165, 1.54) is 6.42 Å². The first-order valence-corrected chi connectivity index (χ1v) is 12.7. The second-order valence-corrected chi connectivity index (χ2v) is 11.3. The molecule has 0 aromatic heterocycles. The van der Waals surface area contributed by atoms with Crippen LogP contribution in [0.3, 0.4) is 0 Å². The smallest absolute Gasteiger partial charge is 0.251 e. The van der Waals surface area contributed by atoms with E-state index >= 15 is 0 Å². The van der Waals surface area contributed by atoms with Gasteiger partial charge >= 0.3 is 0 Å². The number of hydrogen-bond donors (Lipinski definition) is 1. The van der Waals surface area contributed by atoms with Gasteiger partial charge in [-0.2, -0.15) is 0 Å². The van der Waals surface area contributed by atoms with Crippen LogP contribution >= 0.6 is 0 Å². The van der Waals surface area contributed by atoms with Gasteiger partial charge in [-0.25, -0.2) is 0 Å². The van der Waals surface area contributed by atoms with E-state index in [-0.39, 0.29) is 28.7 Å². The maximum absolute atomic E-state index is 13.2. The van der Waals surface area contributed by atoms with Gasteiger partial charge in [0.05, 0.1) is 14.2 Å². The molecule has 3 aliphatic carbocycles. The van der Waals surface area contributed by atoms with Gasteiger partial charge in [0.1, 0.15) is 0 Å². The highest BCUT2D eigenvalue weighted by Gasteiger charge is 2.60. The molecule has 2 amide bonds. The second-order valence-electron chi connectivity index (χ2n) is 11.3. The fraction of sp³-hybridized carbons (Fsp3) is 0.643. The number of ether oxygens (including phenoxy) is 2. The lowest BCUT2D eigenvalue weighted by atomic mass is 9.48. The number of hydrogen-bond acceptors (Lipinski definition) is 4. The quantitative estimate of drug-likeness (QED) is 0.712. The van der Waals surface area contributed by atoms with Crippen LogP contribution in [0.4, 0.5) is 0 Å². The third-order valence-electron chi connectivity index (χ3n) is 10.1. The Bertz CT molecular complexity index is 1020. The normalized spacial score (nSPS) is 38.6. The van der Waals surface area contributed by atoms with Gasteiger partial charge in [-0.15, -0.1) is 0 Å². The molecule has 1 heterocycles. The highest BCUT2D eigenvalue weighted by atomic mass is 16.5. The van der Waals surface area contributed by atoms with Crippen molar-refractivity contribution in [1.82, 2.24) is 10.2 Å². The minimum atomic E-state index is -0.0408. The largest absolute Gasteiger partial charge is 0.493 e. The number of carbonyl (C=O) groups excluding carboxylic acids is 2. The summed E-state index contributed by atoms with van der Waals surface area (Å²) in [6.07, 6.45) is 10.7. The van der Waals surface area contributed by atoms with Gasteiger partial charge in [-0.3, -0.25) is 9.59 Å². The van der Waals surface area contributed by atoms with Crippen LogP contribution in [0.1, 0.15) is 62.7 Å². The minimum Gasteiger partial charge on any atom is -0.493 e. The monoisotopic (exact) mass is 466 g/mol. The minimum absolute atomic E-state index is 0.0408. The number of carbonyl (C=O) groups is 2. The molecule has 1 aromatic rings. The summed E-state index contributed by atoms with van der Waals surface area (Å²) >= 11 is 0. The van der Waals surface area contributed by atoms with Crippen LogP contribution in [0.5, 0.6) is 11.5 Å². The van der Waals surface area contributed by atoms with Gasteiger partial charge in [0.25, 0.3) is 5.91 Å². The Morgan fingerprint density at radius 2 is 1.79 bits per heavy atom. The van der Waals surface area contributed by atoms with Crippen LogP contribution < -0.4 is 14.8 Å². The van der Waals surface area contributed by atoms with Crippen molar-refractivity contribution in [1.29, 1.82) is 0 Å². The van der Waals surface area contributed by atoms with Crippen LogP contribution in [-0.4, -0.2) is 50.1 Å². The van der Waals surface area contributed by atoms with Crippen molar-refractivity contribution in [2.45, 2.75) is 64.5 Å². The van der Waals surface area contributed by atoms with E-state index < -0.39 is 0 Å². The van der Waals surface area contributed by atoms with Crippen molar-refractivity contribution < 1.29 is 19.1 Å². The molecule has 0 radical (unpaired) electrons. The lowest BCUT2D eigenvalue weighted by Crippen LogP contribution is -2.60. The summed E-state index contributed by atoms with van der Waals surface area (Å²) < 4.78 is 10.7. The SMILES string of the molecule is COc1ccc(C(=O)NC2CC[C@H]3[C@@H]4CCC5N(C)C(=O)C=C[C@]5(C)[C@@H]4CC[C@]23C)cc1OC. The summed E-state index contributed by atoms with van der Waals surface area (Å²) in [5.41, 5.74) is 0.761. The molecule has 7 atom stereocenters. The molecule has 1 aromatic carbocycles. The molecule has 6 heteroatoms. The van der Waals surface area contributed by atoms with Gasteiger partial charge < -0.3 is 19.7 Å². The lowest BCUT2D eigenvalue weighted by Gasteiger charge is -2.60. The van der Waals surface area contributed by atoms with Crippen molar-refractivity contribution in [3.05, 3.63) is 35.9 Å². The van der Waals surface area contributed by atoms with Crippen molar-refractivity contribution in [2.24, 2.45) is 28.6 Å². The number of nitrogens with one attached hydrogen (secondary N) is 1. The van der Waals surface area contributed by atoms with Crippen LogP contribution in [0, 0.1) is 28.6 Å². The topological polar surface area (TPSA) is 67.9 Å². The number of methoxy groups -OCH3 is 2. The molecule has 5 rings (SSSR count). The maximum atomic E-state index is 13.2. The summed E-state index contributed by atoms with van der Waals surface area (Å²) in [5, 5.41) is 3.40. The highest BCUT2D eigenvalue weighted by molar-refractivity contribution is 5.95. The van der Waals surface area contributed by atoms with Crippen molar-refractivity contribution in [3.63, 3.8) is 0 Å². The molecule has 2 unspecified atom stereocenters. The first kappa shape index (κ1) is 23.3. The molecule has 184 valence electrons. The zero-order valence-electron chi connectivity index (χ0n) is 21.1. The van der Waals surface area contributed by atoms with Crippen molar-refractivity contribution >= 4 is 11.8 Å². The molecular formula is C28H38N2O4. The predicted molar refractivity (Wildman–Crippen MR) is 131 cm³/mol. The zero-order chi connectivity index (χ0) is 24.3. The first-order valence-electron chi connectivity index (χ1n) is 12.7. The number of benzene rings is 1. The number of rotatable bonds is 4. The van der Waals surface area contributed by atoms with Gasteiger partial charge in [0, 0.05) is 30.1 Å². The van der Waals surface area contributed by atoms with Crippen LogP contribution in [0.2, 0.25) is 0 Å². The molecular weight excluding hydrogens is 428 g/mol. The number of amides is 2. The molecule has 4 aliphatic rings. The first-order chi connectivity index (χ1) is 16.2. The fourth-order valence-electron chi connectivity index (χ4n) is 8.19. The Hall–Kier alpha value is -2.50. The predicted octanol–water partition coefficient (Wildman–Crippen LogP) is 4.44. The third-order valence-corrected chi connectivity index (χ3v) is 10.1. The summed E-state index contributed by atoms with van der Waals surface area (Å²) in [5.74, 6) is 3.14. The Balaban J connectivity index is 1.34. The van der Waals surface area contributed by atoms with Crippen LogP contribution in [0.25, 0.3) is 0 Å². The average molecular weight is 467 g/mol. The molecule has 0 spiro atoms. The summed E-state index contributed by atoms with van der Waals surface area (Å²) in [4.78, 5) is 27.5. The van der Waals surface area contributed by atoms with Crippen molar-refractivity contribution in [3.8, 4) is 11.5 Å². The summed E-state index contributed by atoms with van der Waals surface area (Å²) in [6.45, 7) is 4.78. The summed E-state index contributed by atoms with van der Waals surface area (Å²) in [6, 6.07) is 5.83. The molecule has 3 saturated carbocycles. The van der Waals surface area contributed by atoms with Crippen LogP contribution in [0.15, 0.2) is 30.4 Å². The Morgan fingerprint density at radius 1 is 1.03 bits per heavy atom. The molecule has 1 N–H and O–H groups in total. The van der Waals surface area contributed by atoms with E-state index in [2.05, 4.69) is 25.2 Å². The molecule has 0 bridgehead atoms. The van der Waals surface area contributed by atoms with E-state index in [9.17, 15) is 9.59 Å². The van der Waals surface area contributed by atoms with Gasteiger partial charge in [-0.1, -0.05) is 19.9 Å². The fourth-order valence-corrected chi connectivity index (χ4v) is 8.19. The van der Waals surface area contributed by atoms with Gasteiger partial charge in [-0.05, 0) is 86.0 Å². The van der Waals surface area contributed by atoms with Gasteiger partial charge in [0.2, 0.25) is 5.91 Å². The molecule has 3 fully saturated rings. The lowest BCUT2D eigenvalue weighted by molar-refractivity contribution is -0.138. The van der Waals surface area contributed by atoms with E-state index in [0.29, 0.717) is 40.9 Å². The summed E-state index contributed by atoms with van der Waals surface area (Å²) in [7, 11) is 5.16. The third kappa shape index (κ3) is 3.36. The number of nitrogens with zero attached hydrogens (tertiary/aromatic N) is 1. The molecule has 0 saturated heterocycles. The maximum Gasteiger partial charge on any atom is 0.251 e. The van der Waals surface area contributed by atoms with E-state index in [0.717, 1.165) is 32.1 Å². The Morgan fingerprint density at radius 3 is 2.53 bits per heavy atom. The number of likely N-dealkylation sites (N-methyl/N-ethyl adjacent to an activating group) is 1. The zero-order valence-corrected chi connectivity index (χ0v) is 21.1.